The lowest BCUT2D eigenvalue weighted by Gasteiger charge is -2.24. The number of hydrogen-bond acceptors (Lipinski definition) is 3. The Morgan fingerprint density at radius 1 is 1.38 bits per heavy atom. The van der Waals surface area contributed by atoms with E-state index in [0.717, 1.165) is 25.3 Å². The summed E-state index contributed by atoms with van der Waals surface area (Å²) in [5.41, 5.74) is 3.84. The van der Waals surface area contributed by atoms with E-state index in [-0.39, 0.29) is 0 Å². The van der Waals surface area contributed by atoms with Crippen LogP contribution in [0.1, 0.15) is 36.2 Å². The molecule has 2 N–H and O–H groups in total. The predicted molar refractivity (Wildman–Crippen MR) is 85.0 cm³/mol. The van der Waals surface area contributed by atoms with Gasteiger partial charge in [-0.1, -0.05) is 30.3 Å². The van der Waals surface area contributed by atoms with Crippen molar-refractivity contribution < 1.29 is 0 Å². The third kappa shape index (κ3) is 3.34. The number of aromatic nitrogens is 2. The Bertz CT molecular complexity index is 563. The van der Waals surface area contributed by atoms with Crippen molar-refractivity contribution in [3.63, 3.8) is 0 Å². The van der Waals surface area contributed by atoms with Crippen molar-refractivity contribution in [2.45, 2.75) is 38.9 Å². The lowest BCUT2D eigenvalue weighted by Crippen LogP contribution is -2.33. The fourth-order valence-corrected chi connectivity index (χ4v) is 3.06. The van der Waals surface area contributed by atoms with E-state index < -0.39 is 0 Å². The molecular formula is C17H24N4. The van der Waals surface area contributed by atoms with E-state index in [4.69, 9.17) is 0 Å². The van der Waals surface area contributed by atoms with Gasteiger partial charge in [0.15, 0.2) is 0 Å². The minimum atomic E-state index is 0.494. The van der Waals surface area contributed by atoms with Crippen LogP contribution in [0.3, 0.4) is 0 Å². The molecule has 1 aliphatic rings. The van der Waals surface area contributed by atoms with Crippen LogP contribution < -0.4 is 5.32 Å². The molecule has 4 nitrogen and oxygen atoms in total. The molecule has 1 saturated heterocycles. The minimum absolute atomic E-state index is 0.494. The normalized spacial score (nSPS) is 20.8. The fraction of sp³-hybridized carbons (Fsp3) is 0.471. The van der Waals surface area contributed by atoms with Crippen molar-refractivity contribution in [3.8, 4) is 0 Å². The molecule has 0 radical (unpaired) electrons. The summed E-state index contributed by atoms with van der Waals surface area (Å²) >= 11 is 0. The highest BCUT2D eigenvalue weighted by Crippen LogP contribution is 2.24. The van der Waals surface area contributed by atoms with Crippen molar-refractivity contribution in [1.29, 1.82) is 0 Å². The van der Waals surface area contributed by atoms with Crippen molar-refractivity contribution in [2.75, 3.05) is 13.1 Å². The second-order valence-corrected chi connectivity index (χ2v) is 5.97. The molecule has 2 atom stereocenters. The average molecular weight is 284 g/mol. The number of likely N-dealkylation sites (tertiary alicyclic amines) is 1. The number of benzene rings is 1. The molecule has 0 unspecified atom stereocenters. The van der Waals surface area contributed by atoms with E-state index in [9.17, 15) is 0 Å². The third-order valence-electron chi connectivity index (χ3n) is 4.56. The van der Waals surface area contributed by atoms with Crippen LogP contribution in [0.4, 0.5) is 0 Å². The number of H-pyrrole nitrogens is 1. The van der Waals surface area contributed by atoms with Crippen molar-refractivity contribution >= 4 is 0 Å². The first-order valence-electron chi connectivity index (χ1n) is 7.75. The van der Waals surface area contributed by atoms with Gasteiger partial charge >= 0.3 is 0 Å². The maximum absolute atomic E-state index is 4.07. The maximum Gasteiger partial charge on any atom is 0.0535 e. The van der Waals surface area contributed by atoms with E-state index in [1.165, 1.54) is 17.5 Å². The van der Waals surface area contributed by atoms with Gasteiger partial charge in [-0.05, 0) is 25.8 Å². The molecule has 0 amide bonds. The van der Waals surface area contributed by atoms with E-state index in [1.807, 2.05) is 6.20 Å². The molecule has 2 aromatic rings. The molecule has 0 spiro atoms. The third-order valence-corrected chi connectivity index (χ3v) is 4.56. The molecular weight excluding hydrogens is 260 g/mol. The van der Waals surface area contributed by atoms with Gasteiger partial charge in [-0.2, -0.15) is 5.10 Å². The van der Waals surface area contributed by atoms with E-state index in [0.29, 0.717) is 12.1 Å². The summed E-state index contributed by atoms with van der Waals surface area (Å²) in [6.07, 6.45) is 3.13. The second kappa shape index (κ2) is 6.41. The highest BCUT2D eigenvalue weighted by Gasteiger charge is 2.26. The largest absolute Gasteiger partial charge is 0.308 e. The van der Waals surface area contributed by atoms with Crippen LogP contribution in [0.25, 0.3) is 0 Å². The Hall–Kier alpha value is -1.65. The number of aromatic amines is 1. The molecule has 0 bridgehead atoms. The van der Waals surface area contributed by atoms with E-state index >= 15 is 0 Å². The molecule has 1 aliphatic heterocycles. The smallest absolute Gasteiger partial charge is 0.0535 e. The molecule has 1 fully saturated rings. The summed E-state index contributed by atoms with van der Waals surface area (Å²) in [6.45, 7) is 7.56. The molecule has 1 aromatic carbocycles. The first-order valence-corrected chi connectivity index (χ1v) is 7.75. The van der Waals surface area contributed by atoms with Crippen LogP contribution in [-0.2, 0) is 6.54 Å². The Kier molecular flexibility index (Phi) is 4.36. The van der Waals surface area contributed by atoms with Crippen molar-refractivity contribution in [2.24, 2.45) is 0 Å². The van der Waals surface area contributed by atoms with Crippen LogP contribution >= 0.6 is 0 Å². The molecule has 0 aliphatic carbocycles. The van der Waals surface area contributed by atoms with Gasteiger partial charge in [0.05, 0.1) is 6.20 Å². The molecule has 4 heteroatoms. The van der Waals surface area contributed by atoms with Gasteiger partial charge in [-0.3, -0.25) is 10.00 Å². The van der Waals surface area contributed by atoms with Gasteiger partial charge in [-0.25, -0.2) is 0 Å². The molecule has 1 aromatic heterocycles. The number of nitrogens with zero attached hydrogens (tertiary/aromatic N) is 2. The first-order chi connectivity index (χ1) is 10.2. The van der Waals surface area contributed by atoms with Gasteiger partial charge < -0.3 is 5.32 Å². The van der Waals surface area contributed by atoms with Gasteiger partial charge in [-0.15, -0.1) is 0 Å². The average Bonchev–Trinajstić information content (AvgIpc) is 3.14. The SMILES string of the molecule is Cc1[nH]ncc1CN[C@H]1CCN([C@H](C)c2ccccc2)C1. The highest BCUT2D eigenvalue weighted by atomic mass is 15.2. The maximum atomic E-state index is 4.07. The van der Waals surface area contributed by atoms with Gasteiger partial charge in [0.2, 0.25) is 0 Å². The Balaban J connectivity index is 1.52. The van der Waals surface area contributed by atoms with Crippen LogP contribution in [0.2, 0.25) is 0 Å². The second-order valence-electron chi connectivity index (χ2n) is 5.97. The first kappa shape index (κ1) is 14.3. The molecule has 0 saturated carbocycles. The standard InChI is InChI=1S/C17H24N4/c1-13-16(11-19-20-13)10-18-17-8-9-21(12-17)14(2)15-6-4-3-5-7-15/h3-7,11,14,17-18H,8-10,12H2,1-2H3,(H,19,20)/t14-,17+/m1/s1. The summed E-state index contributed by atoms with van der Waals surface area (Å²) in [5, 5.41) is 10.7. The predicted octanol–water partition coefficient (Wildman–Crippen LogP) is 2.64. The number of hydrogen-bond donors (Lipinski definition) is 2. The zero-order valence-corrected chi connectivity index (χ0v) is 12.8. The zero-order chi connectivity index (χ0) is 14.7. The highest BCUT2D eigenvalue weighted by molar-refractivity contribution is 5.19. The van der Waals surface area contributed by atoms with Crippen molar-refractivity contribution in [3.05, 3.63) is 53.3 Å². The number of nitrogens with one attached hydrogen (secondary N) is 2. The summed E-state index contributed by atoms with van der Waals surface area (Å²) in [7, 11) is 0. The summed E-state index contributed by atoms with van der Waals surface area (Å²) in [6, 6.07) is 11.8. The van der Waals surface area contributed by atoms with E-state index in [2.05, 4.69) is 64.6 Å². The minimum Gasteiger partial charge on any atom is -0.308 e. The lowest BCUT2D eigenvalue weighted by molar-refractivity contribution is 0.255. The Labute approximate surface area is 126 Å². The Morgan fingerprint density at radius 2 is 2.19 bits per heavy atom. The molecule has 112 valence electrons. The lowest BCUT2D eigenvalue weighted by atomic mass is 10.1. The summed E-state index contributed by atoms with van der Waals surface area (Å²) < 4.78 is 0. The van der Waals surface area contributed by atoms with E-state index in [1.54, 1.807) is 0 Å². The Morgan fingerprint density at radius 3 is 2.90 bits per heavy atom. The quantitative estimate of drug-likeness (QED) is 0.887. The van der Waals surface area contributed by atoms with Crippen molar-refractivity contribution in [1.82, 2.24) is 20.4 Å². The molecule has 3 rings (SSSR count). The van der Waals surface area contributed by atoms with Gasteiger partial charge in [0.25, 0.3) is 0 Å². The monoisotopic (exact) mass is 284 g/mol. The fourth-order valence-electron chi connectivity index (χ4n) is 3.06. The van der Waals surface area contributed by atoms with Crippen LogP contribution in [0, 0.1) is 6.92 Å². The summed E-state index contributed by atoms with van der Waals surface area (Å²) in [4.78, 5) is 2.56. The van der Waals surface area contributed by atoms with Crippen LogP contribution in [0.5, 0.6) is 0 Å². The van der Waals surface area contributed by atoms with Crippen LogP contribution in [-0.4, -0.2) is 34.2 Å². The molecule has 2 heterocycles. The number of rotatable bonds is 5. The van der Waals surface area contributed by atoms with Gasteiger partial charge in [0.1, 0.15) is 0 Å². The topological polar surface area (TPSA) is 44.0 Å². The number of aryl methyl sites for hydroxylation is 1. The van der Waals surface area contributed by atoms with Crippen LogP contribution in [0.15, 0.2) is 36.5 Å². The molecule has 21 heavy (non-hydrogen) atoms. The van der Waals surface area contributed by atoms with Gasteiger partial charge in [0, 0.05) is 43.0 Å². The summed E-state index contributed by atoms with van der Waals surface area (Å²) in [5.74, 6) is 0. The zero-order valence-electron chi connectivity index (χ0n) is 12.8.